The molecule has 0 aliphatic rings. The average molecular weight is 202 g/mol. The Kier molecular flexibility index (Phi) is 46.0. The predicted octanol–water partition coefficient (Wildman–Crippen LogP) is -1.17. The van der Waals surface area contributed by atoms with Gasteiger partial charge >= 0.3 is 37.6 Å². The van der Waals surface area contributed by atoms with Crippen molar-refractivity contribution in [2.75, 3.05) is 0 Å². The van der Waals surface area contributed by atoms with Crippen molar-refractivity contribution in [3.05, 3.63) is 0 Å². The van der Waals surface area contributed by atoms with E-state index in [1.165, 1.54) is 0 Å². The van der Waals surface area contributed by atoms with E-state index in [0.717, 1.165) is 0 Å². The fraction of sp³-hybridized carbons (Fsp3) is 0. The Morgan fingerprint density at radius 1 is 1.20 bits per heavy atom. The normalized spacial score (nSPS) is 3.20. The van der Waals surface area contributed by atoms with Crippen molar-refractivity contribution in [2.24, 2.45) is 0 Å². The zero-order chi connectivity index (χ0) is 4.71. The van der Waals surface area contributed by atoms with Crippen LogP contribution in [0, 0.1) is 0 Å². The van der Waals surface area contributed by atoms with Crippen LogP contribution in [0.2, 0.25) is 0 Å². The van der Waals surface area contributed by atoms with E-state index in [9.17, 15) is 0 Å². The summed E-state index contributed by atoms with van der Waals surface area (Å²) in [6, 6.07) is 0. The molecule has 3 nitrogen and oxygen atoms in total. The topological polar surface area (TPSA) is 51.2 Å². The fourth-order valence-electron chi connectivity index (χ4n) is 0. The molecule has 5 heteroatoms. The van der Waals surface area contributed by atoms with Gasteiger partial charge in [0.05, 0.1) is 0 Å². The van der Waals surface area contributed by atoms with Crippen molar-refractivity contribution in [1.82, 2.24) is 0 Å². The van der Waals surface area contributed by atoms with Gasteiger partial charge in [0.15, 0.2) is 0 Å². The van der Waals surface area contributed by atoms with Crippen molar-refractivity contribution in [3.63, 3.8) is 0 Å². The Morgan fingerprint density at radius 2 is 1.20 bits per heavy atom. The number of rotatable bonds is 0. The van der Waals surface area contributed by atoms with Crippen LogP contribution < -0.4 is 0 Å². The molecule has 0 amide bonds. The molecule has 0 N–H and O–H groups in total. The molecule has 29 valence electrons. The van der Waals surface area contributed by atoms with Crippen LogP contribution in [-0.2, 0) is 14.6 Å². The van der Waals surface area contributed by atoms with Gasteiger partial charge in [0.2, 0.25) is 0 Å². The molecule has 0 heterocycles. The van der Waals surface area contributed by atoms with Gasteiger partial charge in [0, 0.05) is 0 Å². The van der Waals surface area contributed by atoms with E-state index in [1.54, 1.807) is 0 Å². The maximum absolute atomic E-state index is 8.30. The molecular weight excluding hydrogens is 202 g/mol. The standard InChI is InChI=1S/O2S.O.Sb/c1-3-2;;. The summed E-state index contributed by atoms with van der Waals surface area (Å²) in [6.45, 7) is 0. The second-order valence-corrected chi connectivity index (χ2v) is 0.204. The van der Waals surface area contributed by atoms with Gasteiger partial charge in [-0.25, -0.2) is 0 Å². The molecule has 0 aromatic carbocycles. The first kappa shape index (κ1) is 9.06. The van der Waals surface area contributed by atoms with E-state index in [0.29, 0.717) is 23.0 Å². The van der Waals surface area contributed by atoms with E-state index in [-0.39, 0.29) is 0 Å². The Balaban J connectivity index is 0. The van der Waals surface area contributed by atoms with E-state index in [4.69, 9.17) is 11.4 Å². The molecule has 1 radical (unpaired) electrons. The molecule has 0 aliphatic carbocycles. The van der Waals surface area contributed by atoms with Gasteiger partial charge in [-0.2, -0.15) is 8.42 Å². The van der Waals surface area contributed by atoms with Gasteiger partial charge < -0.3 is 0 Å². The molecule has 0 fully saturated rings. The van der Waals surface area contributed by atoms with Gasteiger partial charge in [-0.1, -0.05) is 0 Å². The van der Waals surface area contributed by atoms with Gasteiger partial charge in [0.25, 0.3) is 0 Å². The summed E-state index contributed by atoms with van der Waals surface area (Å²) in [6.07, 6.45) is 0. The molecule has 0 bridgehead atoms. The Labute approximate surface area is 46.2 Å². The van der Waals surface area contributed by atoms with Crippen LogP contribution in [0.25, 0.3) is 0 Å². The third kappa shape index (κ3) is 137. The summed E-state index contributed by atoms with van der Waals surface area (Å²) in [5.74, 6) is 0. The predicted molar refractivity (Wildman–Crippen MR) is 15.4 cm³/mol. The van der Waals surface area contributed by atoms with Crippen LogP contribution in [-0.4, -0.2) is 31.4 Å². The van der Waals surface area contributed by atoms with Crippen molar-refractivity contribution in [1.29, 1.82) is 0 Å². The Morgan fingerprint density at radius 3 is 1.20 bits per heavy atom. The monoisotopic (exact) mass is 201 g/mol. The summed E-state index contributed by atoms with van der Waals surface area (Å²) in [5.41, 5.74) is 0. The molecule has 5 heavy (non-hydrogen) atoms. The van der Waals surface area contributed by atoms with E-state index in [2.05, 4.69) is 0 Å². The van der Waals surface area contributed by atoms with Gasteiger partial charge in [-0.15, -0.1) is 0 Å². The first-order valence-corrected chi connectivity index (χ1v) is 2.22. The molecule has 0 unspecified atom stereocenters. The fourth-order valence-corrected chi connectivity index (χ4v) is 0. The molecule has 0 atom stereocenters. The zero-order valence-electron chi connectivity index (χ0n) is 2.08. The Bertz CT molecular complexity index is 36.2. The summed E-state index contributed by atoms with van der Waals surface area (Å²) >= 11 is -0.250. The van der Waals surface area contributed by atoms with Crippen molar-refractivity contribution >= 4 is 34.6 Å². The van der Waals surface area contributed by atoms with E-state index in [1.807, 2.05) is 0 Å². The van der Waals surface area contributed by atoms with Crippen LogP contribution in [0.4, 0.5) is 0 Å². The molecule has 0 saturated carbocycles. The van der Waals surface area contributed by atoms with Gasteiger partial charge in [0.1, 0.15) is 0 Å². The molecule has 0 saturated heterocycles. The zero-order valence-corrected chi connectivity index (χ0v) is 5.45. The van der Waals surface area contributed by atoms with E-state index >= 15 is 0 Å². The van der Waals surface area contributed by atoms with Crippen LogP contribution >= 0.6 is 0 Å². The van der Waals surface area contributed by atoms with Crippen LogP contribution in [0.5, 0.6) is 0 Å². The quantitative estimate of drug-likeness (QED) is 0.465. The third-order valence-corrected chi connectivity index (χ3v) is 0. The van der Waals surface area contributed by atoms with E-state index < -0.39 is 11.6 Å². The Hall–Kier alpha value is 0.438. The van der Waals surface area contributed by atoms with Crippen molar-refractivity contribution in [2.45, 2.75) is 0 Å². The third-order valence-electron chi connectivity index (χ3n) is 0. The summed E-state index contributed by atoms with van der Waals surface area (Å²) < 4.78 is 24.9. The summed E-state index contributed by atoms with van der Waals surface area (Å²) in [5, 5.41) is 0. The second kappa shape index (κ2) is 25.4. The molecule has 0 rings (SSSR count). The first-order chi connectivity index (χ1) is 2.41. The number of hydrogen-bond acceptors (Lipinski definition) is 3. The van der Waals surface area contributed by atoms with Crippen molar-refractivity contribution < 1.29 is 11.4 Å². The van der Waals surface area contributed by atoms with Gasteiger partial charge in [-0.3, -0.25) is 0 Å². The minimum atomic E-state index is -0.750. The molecule has 0 spiro atoms. The SMILES string of the molecule is O=S=O.[O]=[Sb]. The minimum absolute atomic E-state index is 0.500. The van der Waals surface area contributed by atoms with Crippen LogP contribution in [0.1, 0.15) is 0 Å². The second-order valence-electron chi connectivity index (χ2n) is 0.0680. The average Bonchev–Trinajstić information content (AvgIpc) is 1.46. The molecule has 0 aromatic rings. The van der Waals surface area contributed by atoms with Gasteiger partial charge in [-0.05, 0) is 0 Å². The molecular formula is O3SSb. The maximum atomic E-state index is 8.30. The summed E-state index contributed by atoms with van der Waals surface area (Å²) in [7, 11) is 0. The molecule has 0 aliphatic heterocycles. The molecule has 0 aromatic heterocycles. The van der Waals surface area contributed by atoms with Crippen LogP contribution in [0.15, 0.2) is 0 Å². The first-order valence-electron chi connectivity index (χ1n) is 0.516. The van der Waals surface area contributed by atoms with Crippen LogP contribution in [0.3, 0.4) is 0 Å². The number of hydrogen-bond donors (Lipinski definition) is 0. The van der Waals surface area contributed by atoms with Crippen molar-refractivity contribution in [3.8, 4) is 0 Å². The summed E-state index contributed by atoms with van der Waals surface area (Å²) in [4.78, 5) is 0.